The Labute approximate surface area is 113 Å². The summed E-state index contributed by atoms with van der Waals surface area (Å²) < 4.78 is 4.69. The number of esters is 1. The first-order chi connectivity index (χ1) is 8.86. The van der Waals surface area contributed by atoms with Crippen molar-refractivity contribution in [2.24, 2.45) is 11.8 Å². The quantitative estimate of drug-likeness (QED) is 0.739. The molecule has 0 bridgehead atoms. The maximum Gasteiger partial charge on any atom is 0.310 e. The van der Waals surface area contributed by atoms with Gasteiger partial charge in [0.2, 0.25) is 11.8 Å². The number of rotatable bonds is 4. The smallest absolute Gasteiger partial charge is 0.310 e. The van der Waals surface area contributed by atoms with Gasteiger partial charge in [0.1, 0.15) is 6.04 Å². The van der Waals surface area contributed by atoms with E-state index in [2.05, 4.69) is 10.1 Å². The highest BCUT2D eigenvalue weighted by atomic mass is 16.5. The third-order valence-corrected chi connectivity index (χ3v) is 3.33. The summed E-state index contributed by atoms with van der Waals surface area (Å²) in [5.74, 6) is -0.879. The Morgan fingerprint density at radius 1 is 1.32 bits per heavy atom. The molecule has 2 unspecified atom stereocenters. The van der Waals surface area contributed by atoms with Crippen LogP contribution in [0.5, 0.6) is 0 Å². The molecule has 2 atom stereocenters. The summed E-state index contributed by atoms with van der Waals surface area (Å²) >= 11 is 0. The lowest BCUT2D eigenvalue weighted by Crippen LogP contribution is -2.50. The van der Waals surface area contributed by atoms with Crippen LogP contribution < -0.4 is 5.32 Å². The van der Waals surface area contributed by atoms with Gasteiger partial charge in [0.05, 0.1) is 13.0 Å². The zero-order valence-electron chi connectivity index (χ0n) is 11.9. The van der Waals surface area contributed by atoms with Crippen molar-refractivity contribution in [1.82, 2.24) is 10.2 Å². The summed E-state index contributed by atoms with van der Waals surface area (Å²) in [6, 6.07) is -0.533. The molecule has 1 N–H and O–H groups in total. The number of methoxy groups -OCH3 is 1. The number of ether oxygens (including phenoxy) is 1. The fraction of sp³-hybridized carbons (Fsp3) is 0.769. The zero-order valence-corrected chi connectivity index (χ0v) is 11.9. The number of likely N-dealkylation sites (tertiary alicyclic amines) is 1. The Bertz CT molecular complexity index is 368. The highest BCUT2D eigenvalue weighted by Gasteiger charge is 2.35. The Morgan fingerprint density at radius 3 is 2.42 bits per heavy atom. The number of nitrogens with one attached hydrogen (secondary N) is 1. The van der Waals surface area contributed by atoms with Crippen LogP contribution in [0.25, 0.3) is 0 Å². The molecule has 1 saturated heterocycles. The first-order valence-corrected chi connectivity index (χ1v) is 6.50. The van der Waals surface area contributed by atoms with Gasteiger partial charge in [-0.1, -0.05) is 13.8 Å². The van der Waals surface area contributed by atoms with Crippen LogP contribution in [0, 0.1) is 11.8 Å². The molecule has 0 aromatic heterocycles. The van der Waals surface area contributed by atoms with Gasteiger partial charge in [0, 0.05) is 20.0 Å². The number of carbonyl (C=O) groups is 3. The molecule has 0 aromatic rings. The first kappa shape index (κ1) is 15.5. The maximum absolute atomic E-state index is 12.3. The van der Waals surface area contributed by atoms with Crippen molar-refractivity contribution in [2.75, 3.05) is 20.2 Å². The van der Waals surface area contributed by atoms with Gasteiger partial charge in [-0.3, -0.25) is 14.4 Å². The number of carbonyl (C=O) groups excluding carboxylic acids is 3. The van der Waals surface area contributed by atoms with E-state index in [1.54, 1.807) is 4.90 Å². The molecule has 0 aromatic carbocycles. The van der Waals surface area contributed by atoms with E-state index in [4.69, 9.17) is 0 Å². The molecular weight excluding hydrogens is 248 g/mol. The molecule has 1 heterocycles. The number of hydrogen-bond donors (Lipinski definition) is 1. The maximum atomic E-state index is 12.3. The highest BCUT2D eigenvalue weighted by molar-refractivity contribution is 5.88. The normalized spacial score (nSPS) is 20.3. The second kappa shape index (κ2) is 6.54. The van der Waals surface area contributed by atoms with Crippen LogP contribution in [-0.4, -0.2) is 48.9 Å². The fourth-order valence-electron chi connectivity index (χ4n) is 2.25. The lowest BCUT2D eigenvalue weighted by Gasteiger charge is -2.26. The average molecular weight is 270 g/mol. The largest absolute Gasteiger partial charge is 0.469 e. The summed E-state index contributed by atoms with van der Waals surface area (Å²) in [5.41, 5.74) is 0. The van der Waals surface area contributed by atoms with Gasteiger partial charge in [-0.15, -0.1) is 0 Å². The molecular formula is C13H22N2O4. The van der Waals surface area contributed by atoms with Gasteiger partial charge < -0.3 is 15.0 Å². The lowest BCUT2D eigenvalue weighted by atomic mass is 10.0. The van der Waals surface area contributed by atoms with E-state index in [9.17, 15) is 14.4 Å². The van der Waals surface area contributed by atoms with E-state index < -0.39 is 6.04 Å². The molecule has 6 nitrogen and oxygen atoms in total. The number of hydrogen-bond acceptors (Lipinski definition) is 4. The summed E-state index contributed by atoms with van der Waals surface area (Å²) in [5, 5.41) is 2.67. The summed E-state index contributed by atoms with van der Waals surface area (Å²) in [4.78, 5) is 36.5. The second-order valence-electron chi connectivity index (χ2n) is 5.22. The minimum absolute atomic E-state index is 0.00794. The molecule has 0 radical (unpaired) electrons. The topological polar surface area (TPSA) is 75.7 Å². The molecule has 1 aliphatic heterocycles. The first-order valence-electron chi connectivity index (χ1n) is 6.50. The van der Waals surface area contributed by atoms with Crippen molar-refractivity contribution >= 4 is 17.8 Å². The van der Waals surface area contributed by atoms with E-state index in [0.29, 0.717) is 19.5 Å². The molecule has 1 aliphatic rings. The molecule has 0 aliphatic carbocycles. The summed E-state index contributed by atoms with van der Waals surface area (Å²) in [6.45, 7) is 6.05. The van der Waals surface area contributed by atoms with Gasteiger partial charge in [-0.05, 0) is 12.3 Å². The van der Waals surface area contributed by atoms with Crippen molar-refractivity contribution in [2.45, 2.75) is 33.2 Å². The molecule has 0 spiro atoms. The predicted octanol–water partition coefficient (Wildman–Crippen LogP) is 0.169. The standard InChI is InChI=1S/C13H22N2O4/c1-8(2)11(14-9(3)16)12(17)15-6-5-10(7-15)13(18)19-4/h8,10-11H,5-7H2,1-4H3,(H,14,16). The number of nitrogens with zero attached hydrogens (tertiary/aromatic N) is 1. The van der Waals surface area contributed by atoms with E-state index in [-0.39, 0.29) is 29.6 Å². The van der Waals surface area contributed by atoms with E-state index in [1.807, 2.05) is 13.8 Å². The van der Waals surface area contributed by atoms with Crippen LogP contribution in [0.1, 0.15) is 27.2 Å². The Morgan fingerprint density at radius 2 is 1.95 bits per heavy atom. The van der Waals surface area contributed by atoms with Crippen LogP contribution in [-0.2, 0) is 19.1 Å². The van der Waals surface area contributed by atoms with E-state index in [0.717, 1.165) is 0 Å². The third kappa shape index (κ3) is 3.94. The van der Waals surface area contributed by atoms with Gasteiger partial charge in [-0.2, -0.15) is 0 Å². The molecule has 19 heavy (non-hydrogen) atoms. The molecule has 6 heteroatoms. The van der Waals surface area contributed by atoms with Gasteiger partial charge in [0.15, 0.2) is 0 Å². The molecule has 1 fully saturated rings. The Balaban J connectivity index is 2.66. The average Bonchev–Trinajstić information content (AvgIpc) is 2.83. The summed E-state index contributed by atoms with van der Waals surface area (Å²) in [6.07, 6.45) is 0.614. The summed E-state index contributed by atoms with van der Waals surface area (Å²) in [7, 11) is 1.35. The van der Waals surface area contributed by atoms with Crippen molar-refractivity contribution in [3.63, 3.8) is 0 Å². The monoisotopic (exact) mass is 270 g/mol. The second-order valence-corrected chi connectivity index (χ2v) is 5.22. The van der Waals surface area contributed by atoms with Crippen LogP contribution in [0.2, 0.25) is 0 Å². The molecule has 0 saturated carbocycles. The van der Waals surface area contributed by atoms with Gasteiger partial charge >= 0.3 is 5.97 Å². The minimum Gasteiger partial charge on any atom is -0.469 e. The predicted molar refractivity (Wildman–Crippen MR) is 69.1 cm³/mol. The highest BCUT2D eigenvalue weighted by Crippen LogP contribution is 2.19. The zero-order chi connectivity index (χ0) is 14.6. The van der Waals surface area contributed by atoms with Crippen LogP contribution in [0.15, 0.2) is 0 Å². The van der Waals surface area contributed by atoms with Crippen molar-refractivity contribution in [3.8, 4) is 0 Å². The molecule has 2 amide bonds. The lowest BCUT2D eigenvalue weighted by molar-refractivity contribution is -0.145. The van der Waals surface area contributed by atoms with Crippen molar-refractivity contribution in [1.29, 1.82) is 0 Å². The van der Waals surface area contributed by atoms with E-state index in [1.165, 1.54) is 14.0 Å². The van der Waals surface area contributed by atoms with E-state index >= 15 is 0 Å². The number of amides is 2. The Kier molecular flexibility index (Phi) is 5.32. The molecule has 1 rings (SSSR count). The van der Waals surface area contributed by atoms with Crippen molar-refractivity contribution in [3.05, 3.63) is 0 Å². The van der Waals surface area contributed by atoms with Crippen LogP contribution in [0.3, 0.4) is 0 Å². The fourth-order valence-corrected chi connectivity index (χ4v) is 2.25. The van der Waals surface area contributed by atoms with Crippen LogP contribution >= 0.6 is 0 Å². The van der Waals surface area contributed by atoms with Crippen LogP contribution in [0.4, 0.5) is 0 Å². The van der Waals surface area contributed by atoms with Crippen molar-refractivity contribution < 1.29 is 19.1 Å². The van der Waals surface area contributed by atoms with Gasteiger partial charge in [0.25, 0.3) is 0 Å². The SMILES string of the molecule is COC(=O)C1CCN(C(=O)C(NC(C)=O)C(C)C)C1. The van der Waals surface area contributed by atoms with Gasteiger partial charge in [-0.25, -0.2) is 0 Å². The third-order valence-electron chi connectivity index (χ3n) is 3.33. The minimum atomic E-state index is -0.533. The molecule has 108 valence electrons. The Hall–Kier alpha value is -1.59.